The molecule has 0 saturated carbocycles. The molecule has 0 aliphatic heterocycles. The summed E-state index contributed by atoms with van der Waals surface area (Å²) in [6.07, 6.45) is -4.35. The lowest BCUT2D eigenvalue weighted by molar-refractivity contribution is -0.137. The standard InChI is InChI=1S/C17H16F3N3O2/c18-17(19,20)12-3-1-2-11(8-12)10-24-6-7-25-13-4-5-14-15(9-13)22-23-16(14)21/h1-5,8-9H,6-7,10H2,(H3,21,22,23). The molecule has 0 saturated heterocycles. The average molecular weight is 351 g/mol. The molecule has 1 heterocycles. The fourth-order valence-corrected chi connectivity index (χ4v) is 2.36. The van der Waals surface area contributed by atoms with Gasteiger partial charge in [-0.1, -0.05) is 12.1 Å². The SMILES string of the molecule is Nc1n[nH]c2cc(OCCOCc3cccc(C(F)(F)F)c3)ccc12. The number of nitrogens with one attached hydrogen (secondary N) is 1. The smallest absolute Gasteiger partial charge is 0.416 e. The van der Waals surface area contributed by atoms with Gasteiger partial charge in [-0.2, -0.15) is 18.3 Å². The van der Waals surface area contributed by atoms with Crippen molar-refractivity contribution in [2.24, 2.45) is 0 Å². The van der Waals surface area contributed by atoms with E-state index in [1.807, 2.05) is 0 Å². The first kappa shape index (κ1) is 17.1. The molecule has 3 aromatic rings. The molecule has 1 aromatic heterocycles. The van der Waals surface area contributed by atoms with Crippen molar-refractivity contribution < 1.29 is 22.6 Å². The largest absolute Gasteiger partial charge is 0.491 e. The Morgan fingerprint density at radius 2 is 1.92 bits per heavy atom. The molecule has 0 radical (unpaired) electrons. The third kappa shape index (κ3) is 4.21. The third-order valence-corrected chi connectivity index (χ3v) is 3.58. The van der Waals surface area contributed by atoms with Crippen LogP contribution in [-0.4, -0.2) is 23.4 Å². The maximum atomic E-state index is 12.6. The van der Waals surface area contributed by atoms with Gasteiger partial charge in [-0.05, 0) is 29.8 Å². The van der Waals surface area contributed by atoms with Crippen LogP contribution in [0.15, 0.2) is 42.5 Å². The zero-order chi connectivity index (χ0) is 17.9. The molecule has 25 heavy (non-hydrogen) atoms. The molecule has 0 fully saturated rings. The Bertz CT molecular complexity index is 862. The molecule has 0 aliphatic carbocycles. The van der Waals surface area contributed by atoms with Gasteiger partial charge in [0.15, 0.2) is 5.82 Å². The normalized spacial score (nSPS) is 11.8. The highest BCUT2D eigenvalue weighted by atomic mass is 19.4. The quantitative estimate of drug-likeness (QED) is 0.663. The van der Waals surface area contributed by atoms with Gasteiger partial charge < -0.3 is 15.2 Å². The molecule has 5 nitrogen and oxygen atoms in total. The summed E-state index contributed by atoms with van der Waals surface area (Å²) in [6, 6.07) is 10.4. The number of hydrogen-bond donors (Lipinski definition) is 2. The lowest BCUT2D eigenvalue weighted by atomic mass is 10.1. The summed E-state index contributed by atoms with van der Waals surface area (Å²) in [5, 5.41) is 7.50. The Labute approximate surface area is 141 Å². The number of nitrogens with two attached hydrogens (primary N) is 1. The number of aromatic nitrogens is 2. The molecule has 0 spiro atoms. The first-order chi connectivity index (χ1) is 11.9. The summed E-state index contributed by atoms with van der Waals surface area (Å²) >= 11 is 0. The van der Waals surface area contributed by atoms with Gasteiger partial charge in [-0.3, -0.25) is 5.10 Å². The predicted molar refractivity (Wildman–Crippen MR) is 87.1 cm³/mol. The molecule has 132 valence electrons. The topological polar surface area (TPSA) is 73.2 Å². The van der Waals surface area contributed by atoms with Crippen LogP contribution in [-0.2, 0) is 17.5 Å². The van der Waals surface area contributed by atoms with Crippen LogP contribution in [0, 0.1) is 0 Å². The Morgan fingerprint density at radius 3 is 2.72 bits per heavy atom. The number of nitrogen functional groups attached to an aromatic ring is 1. The summed E-state index contributed by atoms with van der Waals surface area (Å²) in [5.74, 6) is 1.05. The molecule has 0 atom stereocenters. The molecule has 0 aliphatic rings. The predicted octanol–water partition coefficient (Wildman–Crippen LogP) is 3.76. The molecular formula is C17H16F3N3O2. The number of halogens is 3. The summed E-state index contributed by atoms with van der Waals surface area (Å²) in [5.41, 5.74) is 6.23. The second kappa shape index (κ2) is 7.02. The number of benzene rings is 2. The lowest BCUT2D eigenvalue weighted by Crippen LogP contribution is -2.08. The van der Waals surface area contributed by atoms with Crippen molar-refractivity contribution in [3.05, 3.63) is 53.6 Å². The summed E-state index contributed by atoms with van der Waals surface area (Å²) in [7, 11) is 0. The van der Waals surface area contributed by atoms with Gasteiger partial charge in [0.05, 0.1) is 24.3 Å². The van der Waals surface area contributed by atoms with Crippen molar-refractivity contribution >= 4 is 16.7 Å². The second-order valence-corrected chi connectivity index (χ2v) is 5.42. The van der Waals surface area contributed by atoms with Crippen molar-refractivity contribution in [3.8, 4) is 5.75 Å². The summed E-state index contributed by atoms with van der Waals surface area (Å²) in [4.78, 5) is 0. The Hall–Kier alpha value is -2.74. The van der Waals surface area contributed by atoms with Crippen LogP contribution >= 0.6 is 0 Å². The van der Waals surface area contributed by atoms with E-state index in [-0.39, 0.29) is 19.8 Å². The molecule has 0 amide bonds. The number of aromatic amines is 1. The summed E-state index contributed by atoms with van der Waals surface area (Å²) < 4.78 is 48.8. The van der Waals surface area contributed by atoms with Crippen LogP contribution in [0.3, 0.4) is 0 Å². The maximum absolute atomic E-state index is 12.6. The van der Waals surface area contributed by atoms with Gasteiger partial charge in [0, 0.05) is 11.5 Å². The second-order valence-electron chi connectivity index (χ2n) is 5.42. The number of alkyl halides is 3. The van der Waals surface area contributed by atoms with Gasteiger partial charge in [0.25, 0.3) is 0 Å². The monoisotopic (exact) mass is 351 g/mol. The van der Waals surface area contributed by atoms with E-state index in [0.29, 0.717) is 17.1 Å². The maximum Gasteiger partial charge on any atom is 0.416 e. The van der Waals surface area contributed by atoms with E-state index in [9.17, 15) is 13.2 Å². The fraction of sp³-hybridized carbons (Fsp3) is 0.235. The van der Waals surface area contributed by atoms with E-state index in [4.69, 9.17) is 15.2 Å². The van der Waals surface area contributed by atoms with Crippen molar-refractivity contribution in [3.63, 3.8) is 0 Å². The molecule has 3 rings (SSSR count). The highest BCUT2D eigenvalue weighted by Gasteiger charge is 2.30. The van der Waals surface area contributed by atoms with Crippen LogP contribution < -0.4 is 10.5 Å². The number of H-pyrrole nitrogens is 1. The Morgan fingerprint density at radius 1 is 1.08 bits per heavy atom. The van der Waals surface area contributed by atoms with E-state index >= 15 is 0 Å². The van der Waals surface area contributed by atoms with E-state index in [2.05, 4.69) is 10.2 Å². The highest BCUT2D eigenvalue weighted by molar-refractivity contribution is 5.89. The Balaban J connectivity index is 1.47. The number of ether oxygens (including phenoxy) is 2. The summed E-state index contributed by atoms with van der Waals surface area (Å²) in [6.45, 7) is 0.608. The van der Waals surface area contributed by atoms with Crippen LogP contribution in [0.2, 0.25) is 0 Å². The number of rotatable bonds is 6. The molecule has 0 bridgehead atoms. The fourth-order valence-electron chi connectivity index (χ4n) is 2.36. The highest BCUT2D eigenvalue weighted by Crippen LogP contribution is 2.29. The van der Waals surface area contributed by atoms with Gasteiger partial charge >= 0.3 is 6.18 Å². The minimum Gasteiger partial charge on any atom is -0.491 e. The number of nitrogens with zero attached hydrogens (tertiary/aromatic N) is 1. The minimum absolute atomic E-state index is 0.0867. The van der Waals surface area contributed by atoms with Crippen LogP contribution in [0.25, 0.3) is 10.9 Å². The Kier molecular flexibility index (Phi) is 4.80. The van der Waals surface area contributed by atoms with Crippen LogP contribution in [0.5, 0.6) is 5.75 Å². The van der Waals surface area contributed by atoms with Crippen molar-refractivity contribution in [1.29, 1.82) is 0 Å². The number of fused-ring (bicyclic) bond motifs is 1. The third-order valence-electron chi connectivity index (χ3n) is 3.58. The zero-order valence-electron chi connectivity index (χ0n) is 13.1. The zero-order valence-corrected chi connectivity index (χ0v) is 13.1. The minimum atomic E-state index is -4.35. The van der Waals surface area contributed by atoms with E-state index in [1.54, 1.807) is 24.3 Å². The molecule has 8 heteroatoms. The van der Waals surface area contributed by atoms with Gasteiger partial charge in [-0.15, -0.1) is 0 Å². The van der Waals surface area contributed by atoms with Gasteiger partial charge in [0.1, 0.15) is 12.4 Å². The molecule has 2 aromatic carbocycles. The van der Waals surface area contributed by atoms with Gasteiger partial charge in [0.2, 0.25) is 0 Å². The first-order valence-corrected chi connectivity index (χ1v) is 7.54. The van der Waals surface area contributed by atoms with E-state index in [1.165, 1.54) is 6.07 Å². The van der Waals surface area contributed by atoms with Crippen molar-refractivity contribution in [2.45, 2.75) is 12.8 Å². The number of anilines is 1. The van der Waals surface area contributed by atoms with Gasteiger partial charge in [-0.25, -0.2) is 0 Å². The van der Waals surface area contributed by atoms with E-state index < -0.39 is 11.7 Å². The average Bonchev–Trinajstić information content (AvgIpc) is 2.95. The van der Waals surface area contributed by atoms with Crippen LogP contribution in [0.1, 0.15) is 11.1 Å². The molecule has 3 N–H and O–H groups in total. The van der Waals surface area contributed by atoms with E-state index in [0.717, 1.165) is 23.0 Å². The van der Waals surface area contributed by atoms with Crippen molar-refractivity contribution in [2.75, 3.05) is 18.9 Å². The lowest BCUT2D eigenvalue weighted by Gasteiger charge is -2.10. The van der Waals surface area contributed by atoms with Crippen molar-refractivity contribution in [1.82, 2.24) is 10.2 Å². The molecule has 0 unspecified atom stereocenters. The molecular weight excluding hydrogens is 335 g/mol. The first-order valence-electron chi connectivity index (χ1n) is 7.54. The number of hydrogen-bond acceptors (Lipinski definition) is 4. The van der Waals surface area contributed by atoms with Crippen LogP contribution in [0.4, 0.5) is 19.0 Å².